The number of ether oxygens (including phenoxy) is 1. The summed E-state index contributed by atoms with van der Waals surface area (Å²) < 4.78 is 6.33. The Morgan fingerprint density at radius 1 is 1.11 bits per heavy atom. The number of hydrogen-bond donors (Lipinski definition) is 0. The maximum absolute atomic E-state index is 6.33. The lowest BCUT2D eigenvalue weighted by Gasteiger charge is -2.34. The number of nitrogens with zero attached hydrogens (tertiary/aromatic N) is 1. The molecule has 1 atom stereocenters. The summed E-state index contributed by atoms with van der Waals surface area (Å²) in [6, 6.07) is 0. The van der Waals surface area contributed by atoms with E-state index in [1.165, 1.54) is 58.0 Å². The van der Waals surface area contributed by atoms with E-state index < -0.39 is 0 Å². The molecule has 0 aromatic heterocycles. The Labute approximate surface area is 114 Å². The van der Waals surface area contributed by atoms with Crippen LogP contribution in [0.1, 0.15) is 65.7 Å². The van der Waals surface area contributed by atoms with Crippen LogP contribution in [0.15, 0.2) is 0 Å². The van der Waals surface area contributed by atoms with Gasteiger partial charge in [-0.3, -0.25) is 0 Å². The van der Waals surface area contributed by atoms with Crippen LogP contribution < -0.4 is 0 Å². The van der Waals surface area contributed by atoms with E-state index in [1.54, 1.807) is 0 Å². The van der Waals surface area contributed by atoms with Crippen LogP contribution in [0.25, 0.3) is 0 Å². The molecule has 1 rings (SSSR count). The number of unbranched alkanes of at least 4 members (excludes halogenated alkanes) is 1. The molecule has 18 heavy (non-hydrogen) atoms. The lowest BCUT2D eigenvalue weighted by Crippen LogP contribution is -2.35. The second kappa shape index (κ2) is 8.16. The summed E-state index contributed by atoms with van der Waals surface area (Å²) in [6.45, 7) is 10.3. The van der Waals surface area contributed by atoms with Gasteiger partial charge in [-0.05, 0) is 58.7 Å². The van der Waals surface area contributed by atoms with Gasteiger partial charge in [-0.15, -0.1) is 0 Å². The Hall–Kier alpha value is -0.0800. The van der Waals surface area contributed by atoms with Crippen LogP contribution in [-0.4, -0.2) is 37.2 Å². The molecular formula is C16H33NO. The van der Waals surface area contributed by atoms with Gasteiger partial charge in [0, 0.05) is 0 Å². The molecule has 0 aliphatic carbocycles. The van der Waals surface area contributed by atoms with Crippen molar-refractivity contribution in [3.05, 3.63) is 0 Å². The van der Waals surface area contributed by atoms with Crippen LogP contribution >= 0.6 is 0 Å². The van der Waals surface area contributed by atoms with Crippen molar-refractivity contribution in [3.8, 4) is 0 Å². The molecule has 2 nitrogen and oxygen atoms in total. The fourth-order valence-electron chi connectivity index (χ4n) is 2.90. The fraction of sp³-hybridized carbons (Fsp3) is 1.00. The highest BCUT2D eigenvalue weighted by Crippen LogP contribution is 2.27. The summed E-state index contributed by atoms with van der Waals surface area (Å²) in [5.74, 6) is 0.791. The normalized spacial score (nSPS) is 22.0. The lowest BCUT2D eigenvalue weighted by atomic mass is 9.92. The summed E-state index contributed by atoms with van der Waals surface area (Å²) in [7, 11) is 2.22. The van der Waals surface area contributed by atoms with E-state index in [4.69, 9.17) is 4.74 Å². The third-order valence-electron chi connectivity index (χ3n) is 4.34. The smallest absolute Gasteiger partial charge is 0.0654 e. The molecule has 2 heteroatoms. The number of rotatable bonds is 8. The predicted molar refractivity (Wildman–Crippen MR) is 79.0 cm³/mol. The van der Waals surface area contributed by atoms with Crippen molar-refractivity contribution in [2.24, 2.45) is 5.92 Å². The fourth-order valence-corrected chi connectivity index (χ4v) is 2.90. The molecule has 1 fully saturated rings. The molecule has 0 bridgehead atoms. The summed E-state index contributed by atoms with van der Waals surface area (Å²) in [5, 5.41) is 0. The van der Waals surface area contributed by atoms with Crippen molar-refractivity contribution in [2.45, 2.75) is 71.3 Å². The van der Waals surface area contributed by atoms with E-state index in [9.17, 15) is 0 Å². The number of likely N-dealkylation sites (tertiary alicyclic amines) is 1. The summed E-state index contributed by atoms with van der Waals surface area (Å²) in [4.78, 5) is 2.43. The summed E-state index contributed by atoms with van der Waals surface area (Å²) >= 11 is 0. The lowest BCUT2D eigenvalue weighted by molar-refractivity contribution is -0.0669. The SMILES string of the molecule is CCCCC(C)(CCC)OCC1CCN(C)CC1. The standard InChI is InChI=1S/C16H33NO/c1-5-7-11-16(3,10-6-2)18-14-15-8-12-17(4)13-9-15/h15H,5-14H2,1-4H3. The third-order valence-corrected chi connectivity index (χ3v) is 4.34. The van der Waals surface area contributed by atoms with Gasteiger partial charge in [-0.25, -0.2) is 0 Å². The monoisotopic (exact) mass is 255 g/mol. The second-order valence-corrected chi connectivity index (χ2v) is 6.36. The van der Waals surface area contributed by atoms with Crippen LogP contribution in [0.3, 0.4) is 0 Å². The highest BCUT2D eigenvalue weighted by atomic mass is 16.5. The quantitative estimate of drug-likeness (QED) is 0.647. The van der Waals surface area contributed by atoms with Crippen LogP contribution in [0.2, 0.25) is 0 Å². The van der Waals surface area contributed by atoms with Crippen molar-refractivity contribution in [1.29, 1.82) is 0 Å². The van der Waals surface area contributed by atoms with Gasteiger partial charge in [0.15, 0.2) is 0 Å². The van der Waals surface area contributed by atoms with Crippen molar-refractivity contribution in [3.63, 3.8) is 0 Å². The molecule has 1 aliphatic heterocycles. The first kappa shape index (κ1) is 16.0. The van der Waals surface area contributed by atoms with E-state index in [1.807, 2.05) is 0 Å². The van der Waals surface area contributed by atoms with Crippen molar-refractivity contribution >= 4 is 0 Å². The molecule has 1 aliphatic rings. The molecule has 1 heterocycles. The minimum atomic E-state index is 0.133. The molecule has 1 saturated heterocycles. The Kier molecular flexibility index (Phi) is 7.25. The molecule has 0 amide bonds. The maximum atomic E-state index is 6.33. The predicted octanol–water partition coefficient (Wildman–Crippen LogP) is 4.09. The van der Waals surface area contributed by atoms with Gasteiger partial charge in [0.05, 0.1) is 12.2 Å². The Balaban J connectivity index is 2.31. The first-order valence-electron chi connectivity index (χ1n) is 7.92. The number of hydrogen-bond acceptors (Lipinski definition) is 2. The molecule has 0 radical (unpaired) electrons. The van der Waals surface area contributed by atoms with Gasteiger partial charge < -0.3 is 9.64 Å². The first-order valence-corrected chi connectivity index (χ1v) is 7.92. The van der Waals surface area contributed by atoms with Gasteiger partial charge >= 0.3 is 0 Å². The third kappa shape index (κ3) is 5.71. The molecule has 0 spiro atoms. The molecule has 1 unspecified atom stereocenters. The van der Waals surface area contributed by atoms with Gasteiger partial charge in [0.25, 0.3) is 0 Å². The highest BCUT2D eigenvalue weighted by Gasteiger charge is 2.26. The van der Waals surface area contributed by atoms with Gasteiger partial charge in [0.1, 0.15) is 0 Å². The molecule has 0 N–H and O–H groups in total. The highest BCUT2D eigenvalue weighted by molar-refractivity contribution is 4.77. The zero-order chi connectivity index (χ0) is 13.4. The van der Waals surface area contributed by atoms with Gasteiger partial charge in [-0.1, -0.05) is 33.1 Å². The second-order valence-electron chi connectivity index (χ2n) is 6.36. The molecular weight excluding hydrogens is 222 g/mol. The van der Waals surface area contributed by atoms with Crippen molar-refractivity contribution in [2.75, 3.05) is 26.7 Å². The van der Waals surface area contributed by atoms with Crippen LogP contribution in [0.5, 0.6) is 0 Å². The Bertz CT molecular complexity index is 211. The first-order chi connectivity index (χ1) is 8.59. The zero-order valence-electron chi connectivity index (χ0n) is 13.0. The average Bonchev–Trinajstić information content (AvgIpc) is 2.36. The molecule has 0 aromatic carbocycles. The van der Waals surface area contributed by atoms with E-state index in [0.29, 0.717) is 0 Å². The van der Waals surface area contributed by atoms with Crippen LogP contribution in [0, 0.1) is 5.92 Å². The van der Waals surface area contributed by atoms with Crippen molar-refractivity contribution in [1.82, 2.24) is 4.90 Å². The Morgan fingerprint density at radius 2 is 1.78 bits per heavy atom. The van der Waals surface area contributed by atoms with E-state index >= 15 is 0 Å². The molecule has 0 saturated carbocycles. The summed E-state index contributed by atoms with van der Waals surface area (Å²) in [6.07, 6.45) is 8.86. The van der Waals surface area contributed by atoms with Crippen LogP contribution in [-0.2, 0) is 4.74 Å². The van der Waals surface area contributed by atoms with Gasteiger partial charge in [-0.2, -0.15) is 0 Å². The average molecular weight is 255 g/mol. The van der Waals surface area contributed by atoms with E-state index in [0.717, 1.165) is 12.5 Å². The topological polar surface area (TPSA) is 12.5 Å². The van der Waals surface area contributed by atoms with E-state index in [2.05, 4.69) is 32.7 Å². The molecule has 0 aromatic rings. The zero-order valence-corrected chi connectivity index (χ0v) is 13.0. The number of piperidine rings is 1. The minimum absolute atomic E-state index is 0.133. The van der Waals surface area contributed by atoms with E-state index in [-0.39, 0.29) is 5.60 Å². The Morgan fingerprint density at radius 3 is 2.33 bits per heavy atom. The minimum Gasteiger partial charge on any atom is -0.375 e. The summed E-state index contributed by atoms with van der Waals surface area (Å²) in [5.41, 5.74) is 0.133. The largest absolute Gasteiger partial charge is 0.375 e. The van der Waals surface area contributed by atoms with Gasteiger partial charge in [0.2, 0.25) is 0 Å². The van der Waals surface area contributed by atoms with Crippen LogP contribution in [0.4, 0.5) is 0 Å². The molecule has 108 valence electrons. The van der Waals surface area contributed by atoms with Crippen molar-refractivity contribution < 1.29 is 4.74 Å². The maximum Gasteiger partial charge on any atom is 0.0654 e.